The summed E-state index contributed by atoms with van der Waals surface area (Å²) in [7, 11) is 0. The predicted octanol–water partition coefficient (Wildman–Crippen LogP) is 3.95. The van der Waals surface area contributed by atoms with Crippen LogP contribution in [-0.4, -0.2) is 11.7 Å². The third-order valence-electron chi connectivity index (χ3n) is 4.25. The second kappa shape index (κ2) is 5.95. The number of anilines is 1. The summed E-state index contributed by atoms with van der Waals surface area (Å²) in [6.45, 7) is 3.85. The highest BCUT2D eigenvalue weighted by Gasteiger charge is 2.28. The molecule has 0 N–H and O–H groups in total. The highest BCUT2D eigenvalue weighted by Crippen LogP contribution is 2.31. The first-order valence-electron chi connectivity index (χ1n) is 7.65. The summed E-state index contributed by atoms with van der Waals surface area (Å²) >= 11 is 0. The van der Waals surface area contributed by atoms with Crippen molar-refractivity contribution < 1.29 is 14.0 Å². The second-order valence-electron chi connectivity index (χ2n) is 5.96. The number of ketones is 1. The summed E-state index contributed by atoms with van der Waals surface area (Å²) in [6, 6.07) is 10.4. The molecule has 1 aliphatic rings. The predicted molar refractivity (Wildman–Crippen MR) is 87.1 cm³/mol. The van der Waals surface area contributed by atoms with Crippen LogP contribution in [0.25, 0.3) is 0 Å². The van der Waals surface area contributed by atoms with Crippen LogP contribution in [-0.2, 0) is 11.3 Å². The lowest BCUT2D eigenvalue weighted by Crippen LogP contribution is -2.30. The average Bonchev–Trinajstić information content (AvgIpc) is 2.64. The minimum Gasteiger partial charge on any atom is -0.307 e. The number of hydrogen-bond acceptors (Lipinski definition) is 2. The van der Waals surface area contributed by atoms with Gasteiger partial charge in [-0.2, -0.15) is 0 Å². The molecule has 2 aromatic rings. The molecular formula is C19H18FNO2. The van der Waals surface area contributed by atoms with Gasteiger partial charge in [0.15, 0.2) is 5.78 Å². The Morgan fingerprint density at radius 2 is 1.83 bits per heavy atom. The third-order valence-corrected chi connectivity index (χ3v) is 4.25. The molecule has 0 saturated carbocycles. The lowest BCUT2D eigenvalue weighted by molar-refractivity contribution is -0.118. The Morgan fingerprint density at radius 3 is 2.57 bits per heavy atom. The number of carbonyl (C=O) groups excluding carboxylic acids is 2. The number of nitrogens with zero attached hydrogens (tertiary/aromatic N) is 1. The van der Waals surface area contributed by atoms with Crippen LogP contribution in [0, 0.1) is 19.7 Å². The number of para-hydroxylation sites is 1. The van der Waals surface area contributed by atoms with Gasteiger partial charge in [0.25, 0.3) is 0 Å². The summed E-state index contributed by atoms with van der Waals surface area (Å²) in [4.78, 5) is 26.4. The van der Waals surface area contributed by atoms with Crippen molar-refractivity contribution in [3.63, 3.8) is 0 Å². The van der Waals surface area contributed by atoms with Crippen molar-refractivity contribution in [2.45, 2.75) is 33.2 Å². The van der Waals surface area contributed by atoms with Crippen LogP contribution in [0.1, 0.15) is 39.9 Å². The summed E-state index contributed by atoms with van der Waals surface area (Å²) in [5, 5.41) is 0. The van der Waals surface area contributed by atoms with E-state index in [0.29, 0.717) is 22.4 Å². The maximum atomic E-state index is 13.8. The number of aryl methyl sites for hydroxylation is 2. The average molecular weight is 311 g/mol. The molecule has 1 amide bonds. The summed E-state index contributed by atoms with van der Waals surface area (Å²) < 4.78 is 13.8. The van der Waals surface area contributed by atoms with Gasteiger partial charge in [-0.1, -0.05) is 24.3 Å². The van der Waals surface area contributed by atoms with Crippen molar-refractivity contribution in [1.29, 1.82) is 0 Å². The molecule has 3 nitrogen and oxygen atoms in total. The lowest BCUT2D eigenvalue weighted by Gasteiger charge is -2.24. The Bertz CT molecular complexity index is 798. The molecule has 0 saturated heterocycles. The van der Waals surface area contributed by atoms with E-state index in [-0.39, 0.29) is 36.9 Å². The summed E-state index contributed by atoms with van der Waals surface area (Å²) in [6.07, 6.45) is 0.398. The number of amides is 1. The van der Waals surface area contributed by atoms with Crippen LogP contribution in [0.2, 0.25) is 0 Å². The fraction of sp³-hybridized carbons (Fsp3) is 0.263. The molecule has 0 fully saturated rings. The van der Waals surface area contributed by atoms with Crippen LogP contribution in [0.3, 0.4) is 0 Å². The zero-order chi connectivity index (χ0) is 16.6. The Kier molecular flexibility index (Phi) is 3.99. The number of hydrogen-bond donors (Lipinski definition) is 0. The van der Waals surface area contributed by atoms with E-state index in [9.17, 15) is 14.0 Å². The molecule has 0 radical (unpaired) electrons. The van der Waals surface area contributed by atoms with Crippen molar-refractivity contribution in [1.82, 2.24) is 0 Å². The Labute approximate surface area is 134 Å². The zero-order valence-electron chi connectivity index (χ0n) is 13.2. The van der Waals surface area contributed by atoms with Gasteiger partial charge in [-0.3, -0.25) is 9.59 Å². The van der Waals surface area contributed by atoms with Crippen LogP contribution >= 0.6 is 0 Å². The second-order valence-corrected chi connectivity index (χ2v) is 5.96. The van der Waals surface area contributed by atoms with E-state index in [1.807, 2.05) is 25.1 Å². The number of fused-ring (bicyclic) bond motifs is 1. The van der Waals surface area contributed by atoms with E-state index in [4.69, 9.17) is 0 Å². The minimum absolute atomic E-state index is 0.0189. The number of carbonyl (C=O) groups is 2. The van der Waals surface area contributed by atoms with Gasteiger partial charge >= 0.3 is 0 Å². The van der Waals surface area contributed by atoms with Crippen molar-refractivity contribution in [3.05, 3.63) is 64.5 Å². The SMILES string of the molecule is Cc1ccc(CN2C(=O)CCC(=O)c3cccc(C)c32)cc1F. The summed E-state index contributed by atoms with van der Waals surface area (Å²) in [5.74, 6) is -0.409. The molecule has 3 rings (SSSR count). The third kappa shape index (κ3) is 2.89. The van der Waals surface area contributed by atoms with Crippen molar-refractivity contribution in [3.8, 4) is 0 Å². The van der Waals surface area contributed by atoms with Gasteiger partial charge in [-0.25, -0.2) is 4.39 Å². The first-order valence-corrected chi connectivity index (χ1v) is 7.65. The van der Waals surface area contributed by atoms with Gasteiger partial charge in [0, 0.05) is 18.4 Å². The molecule has 1 aliphatic heterocycles. The van der Waals surface area contributed by atoms with Gasteiger partial charge in [0.2, 0.25) is 5.91 Å². The Balaban J connectivity index is 2.06. The van der Waals surface area contributed by atoms with Crippen LogP contribution in [0.4, 0.5) is 10.1 Å². The normalized spacial score (nSPS) is 14.7. The molecule has 4 heteroatoms. The largest absolute Gasteiger partial charge is 0.307 e. The molecule has 23 heavy (non-hydrogen) atoms. The van der Waals surface area contributed by atoms with Crippen LogP contribution < -0.4 is 4.90 Å². The molecule has 0 atom stereocenters. The van der Waals surface area contributed by atoms with Crippen LogP contribution in [0.5, 0.6) is 0 Å². The molecule has 2 aromatic carbocycles. The van der Waals surface area contributed by atoms with Gasteiger partial charge in [-0.15, -0.1) is 0 Å². The van der Waals surface area contributed by atoms with Crippen LogP contribution in [0.15, 0.2) is 36.4 Å². The number of rotatable bonds is 2. The van der Waals surface area contributed by atoms with E-state index < -0.39 is 0 Å². The van der Waals surface area contributed by atoms with E-state index in [1.165, 1.54) is 6.07 Å². The standard InChI is InChI=1S/C19H18FNO2/c1-12-6-7-14(10-16(12)20)11-21-18(23)9-8-17(22)15-5-3-4-13(2)19(15)21/h3-7,10H,8-9,11H2,1-2H3. The lowest BCUT2D eigenvalue weighted by atomic mass is 10.0. The Hall–Kier alpha value is -2.49. The molecule has 118 valence electrons. The molecular weight excluding hydrogens is 293 g/mol. The highest BCUT2D eigenvalue weighted by molar-refractivity contribution is 6.10. The first kappa shape index (κ1) is 15.4. The number of Topliss-reactive ketones (excluding diaryl/α,β-unsaturated/α-hetero) is 1. The van der Waals surface area contributed by atoms with Gasteiger partial charge in [-0.05, 0) is 42.7 Å². The zero-order valence-corrected chi connectivity index (χ0v) is 13.2. The number of benzene rings is 2. The molecule has 0 bridgehead atoms. The van der Waals surface area contributed by atoms with Gasteiger partial charge < -0.3 is 4.90 Å². The van der Waals surface area contributed by atoms with Gasteiger partial charge in [0.1, 0.15) is 5.82 Å². The maximum Gasteiger partial charge on any atom is 0.227 e. The highest BCUT2D eigenvalue weighted by atomic mass is 19.1. The molecule has 0 unspecified atom stereocenters. The molecule has 1 heterocycles. The number of halogens is 1. The van der Waals surface area contributed by atoms with E-state index in [1.54, 1.807) is 24.0 Å². The van der Waals surface area contributed by atoms with Crippen molar-refractivity contribution in [2.24, 2.45) is 0 Å². The first-order chi connectivity index (χ1) is 11.0. The smallest absolute Gasteiger partial charge is 0.227 e. The topological polar surface area (TPSA) is 37.4 Å². The molecule has 0 aromatic heterocycles. The monoisotopic (exact) mass is 311 g/mol. The molecule has 0 spiro atoms. The minimum atomic E-state index is -0.286. The van der Waals surface area contributed by atoms with E-state index in [0.717, 1.165) is 5.56 Å². The van der Waals surface area contributed by atoms with Crippen molar-refractivity contribution in [2.75, 3.05) is 4.90 Å². The summed E-state index contributed by atoms with van der Waals surface area (Å²) in [5.41, 5.74) is 3.39. The quantitative estimate of drug-likeness (QED) is 0.842. The fourth-order valence-corrected chi connectivity index (χ4v) is 2.94. The molecule has 0 aliphatic carbocycles. The van der Waals surface area contributed by atoms with E-state index >= 15 is 0 Å². The van der Waals surface area contributed by atoms with E-state index in [2.05, 4.69) is 0 Å². The maximum absolute atomic E-state index is 13.8. The fourth-order valence-electron chi connectivity index (χ4n) is 2.94. The Morgan fingerprint density at radius 1 is 1.04 bits per heavy atom. The van der Waals surface area contributed by atoms with Crippen molar-refractivity contribution >= 4 is 17.4 Å². The van der Waals surface area contributed by atoms with Gasteiger partial charge in [0.05, 0.1) is 12.2 Å².